The number of rotatable bonds is 3. The number of hydrogen-bond acceptors (Lipinski definition) is 2. The van der Waals surface area contributed by atoms with Crippen molar-refractivity contribution in [2.45, 2.75) is 20.8 Å². The predicted molar refractivity (Wildman–Crippen MR) is 60.1 cm³/mol. The quantitative estimate of drug-likeness (QED) is 0.710. The fraction of sp³-hybridized carbons (Fsp3) is 0.333. The minimum atomic E-state index is -0.0156. The number of ketones is 1. The second kappa shape index (κ2) is 4.73. The predicted octanol–water partition coefficient (Wildman–Crippen LogP) is 2.26. The smallest absolute Gasteiger partial charge is 0.223 e. The van der Waals surface area contributed by atoms with Crippen LogP contribution in [0.4, 0.5) is 5.69 Å². The molecule has 0 unspecified atom stereocenters. The number of carbonyl (C=O) groups excluding carboxylic acids is 2. The van der Waals surface area contributed by atoms with Crippen molar-refractivity contribution in [3.63, 3.8) is 0 Å². The Morgan fingerprint density at radius 3 is 2.40 bits per heavy atom. The maximum Gasteiger partial charge on any atom is 0.223 e. The summed E-state index contributed by atoms with van der Waals surface area (Å²) in [5.74, 6) is -0.00495. The third kappa shape index (κ3) is 2.65. The highest BCUT2D eigenvalue weighted by Crippen LogP contribution is 2.16. The summed E-state index contributed by atoms with van der Waals surface area (Å²) in [6, 6.07) is 7.11. The van der Waals surface area contributed by atoms with Crippen LogP contribution in [0.2, 0.25) is 0 Å². The Bertz CT molecular complexity index is 385. The molecule has 0 aliphatic heterocycles. The highest BCUT2D eigenvalue weighted by molar-refractivity contribution is 5.97. The van der Waals surface area contributed by atoms with Gasteiger partial charge >= 0.3 is 0 Å². The first-order valence-corrected chi connectivity index (χ1v) is 4.95. The Balaban J connectivity index is 3.08. The van der Waals surface area contributed by atoms with Crippen LogP contribution in [0, 0.1) is 0 Å². The van der Waals surface area contributed by atoms with Crippen molar-refractivity contribution in [3.05, 3.63) is 29.8 Å². The maximum atomic E-state index is 11.3. The summed E-state index contributed by atoms with van der Waals surface area (Å²) in [5, 5.41) is 0. The van der Waals surface area contributed by atoms with E-state index < -0.39 is 0 Å². The van der Waals surface area contributed by atoms with E-state index in [2.05, 4.69) is 0 Å². The van der Waals surface area contributed by atoms with Gasteiger partial charge < -0.3 is 4.90 Å². The summed E-state index contributed by atoms with van der Waals surface area (Å²) in [5.41, 5.74) is 1.41. The molecule has 0 aliphatic rings. The molecule has 0 aromatic heterocycles. The summed E-state index contributed by atoms with van der Waals surface area (Å²) in [4.78, 5) is 24.1. The lowest BCUT2D eigenvalue weighted by atomic mass is 10.1. The molecule has 1 amide bonds. The van der Waals surface area contributed by atoms with E-state index in [0.717, 1.165) is 5.69 Å². The van der Waals surface area contributed by atoms with E-state index in [1.807, 2.05) is 13.0 Å². The van der Waals surface area contributed by atoms with Crippen LogP contribution in [-0.2, 0) is 4.79 Å². The third-order valence-corrected chi connectivity index (χ3v) is 2.26. The van der Waals surface area contributed by atoms with Crippen molar-refractivity contribution in [1.29, 1.82) is 0 Å². The van der Waals surface area contributed by atoms with Crippen molar-refractivity contribution >= 4 is 17.4 Å². The van der Waals surface area contributed by atoms with E-state index in [9.17, 15) is 9.59 Å². The molecule has 1 aromatic carbocycles. The third-order valence-electron chi connectivity index (χ3n) is 2.26. The molecule has 15 heavy (non-hydrogen) atoms. The van der Waals surface area contributed by atoms with Crippen LogP contribution in [0.3, 0.4) is 0 Å². The Morgan fingerprint density at radius 2 is 1.93 bits per heavy atom. The molecule has 1 aromatic rings. The monoisotopic (exact) mass is 205 g/mol. The van der Waals surface area contributed by atoms with Crippen LogP contribution < -0.4 is 4.90 Å². The molecule has 3 nitrogen and oxygen atoms in total. The molecule has 0 saturated heterocycles. The van der Waals surface area contributed by atoms with Gasteiger partial charge in [0.2, 0.25) is 5.91 Å². The van der Waals surface area contributed by atoms with E-state index in [1.165, 1.54) is 13.8 Å². The Hall–Kier alpha value is -1.64. The van der Waals surface area contributed by atoms with Gasteiger partial charge in [-0.3, -0.25) is 9.59 Å². The standard InChI is InChI=1S/C12H15NO2/c1-4-13(10(3)15)12-7-5-6-11(8-12)9(2)14/h5-8H,4H2,1-3H3. The first kappa shape index (κ1) is 11.4. The van der Waals surface area contributed by atoms with Crippen molar-refractivity contribution in [3.8, 4) is 0 Å². The van der Waals surface area contributed by atoms with Crippen LogP contribution in [-0.4, -0.2) is 18.2 Å². The van der Waals surface area contributed by atoms with E-state index in [-0.39, 0.29) is 11.7 Å². The van der Waals surface area contributed by atoms with Gasteiger partial charge in [0.15, 0.2) is 5.78 Å². The van der Waals surface area contributed by atoms with E-state index >= 15 is 0 Å². The Kier molecular flexibility index (Phi) is 3.61. The average Bonchev–Trinajstić information content (AvgIpc) is 2.18. The molecule has 0 bridgehead atoms. The lowest BCUT2D eigenvalue weighted by molar-refractivity contribution is -0.116. The van der Waals surface area contributed by atoms with Gasteiger partial charge in [-0.1, -0.05) is 12.1 Å². The number of hydrogen-bond donors (Lipinski definition) is 0. The Morgan fingerprint density at radius 1 is 1.27 bits per heavy atom. The SMILES string of the molecule is CCN(C(C)=O)c1cccc(C(C)=O)c1. The molecular formula is C12H15NO2. The summed E-state index contributed by atoms with van der Waals surface area (Å²) < 4.78 is 0. The maximum absolute atomic E-state index is 11.3. The van der Waals surface area contributed by atoms with Crippen LogP contribution in [0.25, 0.3) is 0 Å². The van der Waals surface area contributed by atoms with Crippen LogP contribution >= 0.6 is 0 Å². The second-order valence-corrected chi connectivity index (χ2v) is 3.37. The lowest BCUT2D eigenvalue weighted by Gasteiger charge is -2.19. The highest BCUT2D eigenvalue weighted by atomic mass is 16.2. The van der Waals surface area contributed by atoms with Gasteiger partial charge in [0, 0.05) is 24.7 Å². The Labute approximate surface area is 89.7 Å². The number of carbonyl (C=O) groups is 2. The molecule has 1 rings (SSSR count). The number of nitrogens with zero attached hydrogens (tertiary/aromatic N) is 1. The molecule has 0 N–H and O–H groups in total. The van der Waals surface area contributed by atoms with E-state index in [4.69, 9.17) is 0 Å². The molecule has 0 fully saturated rings. The van der Waals surface area contributed by atoms with Crippen LogP contribution in [0.15, 0.2) is 24.3 Å². The number of amides is 1. The van der Waals surface area contributed by atoms with Gasteiger partial charge in [-0.15, -0.1) is 0 Å². The fourth-order valence-corrected chi connectivity index (χ4v) is 1.48. The molecule has 0 saturated carbocycles. The highest BCUT2D eigenvalue weighted by Gasteiger charge is 2.09. The van der Waals surface area contributed by atoms with E-state index in [0.29, 0.717) is 12.1 Å². The normalized spacial score (nSPS) is 9.80. The van der Waals surface area contributed by atoms with Crippen molar-refractivity contribution < 1.29 is 9.59 Å². The summed E-state index contributed by atoms with van der Waals surface area (Å²) in [7, 11) is 0. The second-order valence-electron chi connectivity index (χ2n) is 3.37. The molecular weight excluding hydrogens is 190 g/mol. The van der Waals surface area contributed by atoms with Gasteiger partial charge in [0.25, 0.3) is 0 Å². The first-order chi connectivity index (χ1) is 7.06. The minimum Gasteiger partial charge on any atom is -0.313 e. The van der Waals surface area contributed by atoms with Gasteiger partial charge in [-0.2, -0.15) is 0 Å². The number of anilines is 1. The molecule has 0 atom stereocenters. The molecule has 3 heteroatoms. The average molecular weight is 205 g/mol. The molecule has 0 spiro atoms. The topological polar surface area (TPSA) is 37.4 Å². The van der Waals surface area contributed by atoms with Crippen molar-refractivity contribution in [1.82, 2.24) is 0 Å². The van der Waals surface area contributed by atoms with Gasteiger partial charge in [-0.05, 0) is 26.0 Å². The van der Waals surface area contributed by atoms with Gasteiger partial charge in [0.05, 0.1) is 0 Å². The van der Waals surface area contributed by atoms with Gasteiger partial charge in [0.1, 0.15) is 0 Å². The summed E-state index contributed by atoms with van der Waals surface area (Å²) >= 11 is 0. The first-order valence-electron chi connectivity index (χ1n) is 4.95. The largest absolute Gasteiger partial charge is 0.313 e. The van der Waals surface area contributed by atoms with Gasteiger partial charge in [-0.25, -0.2) is 0 Å². The zero-order chi connectivity index (χ0) is 11.4. The number of Topliss-reactive ketones (excluding diaryl/α,β-unsaturated/α-hetero) is 1. The zero-order valence-electron chi connectivity index (χ0n) is 9.28. The van der Waals surface area contributed by atoms with Crippen LogP contribution in [0.5, 0.6) is 0 Å². The molecule has 80 valence electrons. The minimum absolute atomic E-state index is 0.0106. The lowest BCUT2D eigenvalue weighted by Crippen LogP contribution is -2.27. The number of benzene rings is 1. The molecule has 0 radical (unpaired) electrons. The molecule has 0 heterocycles. The fourth-order valence-electron chi connectivity index (χ4n) is 1.48. The summed E-state index contributed by atoms with van der Waals surface area (Å²) in [6.45, 7) is 5.55. The molecule has 0 aliphatic carbocycles. The zero-order valence-corrected chi connectivity index (χ0v) is 9.28. The van der Waals surface area contributed by atoms with Crippen molar-refractivity contribution in [2.75, 3.05) is 11.4 Å². The van der Waals surface area contributed by atoms with Crippen molar-refractivity contribution in [2.24, 2.45) is 0 Å². The summed E-state index contributed by atoms with van der Waals surface area (Å²) in [6.07, 6.45) is 0. The van der Waals surface area contributed by atoms with E-state index in [1.54, 1.807) is 23.1 Å². The van der Waals surface area contributed by atoms with Crippen LogP contribution in [0.1, 0.15) is 31.1 Å².